The molecule has 1 heterocycles. The van der Waals surface area contributed by atoms with Crippen LogP contribution in [0.3, 0.4) is 0 Å². The van der Waals surface area contributed by atoms with Gasteiger partial charge in [-0.05, 0) is 47.3 Å². The number of hydrogen-bond donors (Lipinski definition) is 1. The van der Waals surface area contributed by atoms with Crippen LogP contribution in [0.4, 0.5) is 0 Å². The Kier molecular flexibility index (Phi) is 5.83. The molecule has 3 rings (SSSR count). The van der Waals surface area contributed by atoms with Crippen LogP contribution in [0.1, 0.15) is 70.3 Å². The number of benzene rings is 2. The Hall–Kier alpha value is -2.62. The van der Waals surface area contributed by atoms with Gasteiger partial charge in [0.15, 0.2) is 0 Å². The summed E-state index contributed by atoms with van der Waals surface area (Å²) in [5, 5.41) is 20.1. The van der Waals surface area contributed by atoms with E-state index in [0.29, 0.717) is 5.69 Å². The smallest absolute Gasteiger partial charge is 0.146 e. The molecule has 0 bridgehead atoms. The summed E-state index contributed by atoms with van der Waals surface area (Å²) in [5.74, 6) is 0.261. The highest BCUT2D eigenvalue weighted by atomic mass is 16.3. The first-order chi connectivity index (χ1) is 13.6. The van der Waals surface area contributed by atoms with Crippen LogP contribution in [0.15, 0.2) is 48.7 Å². The molecule has 0 unspecified atom stereocenters. The molecule has 2 aromatic carbocycles. The molecule has 1 N–H and O–H groups in total. The quantitative estimate of drug-likeness (QED) is 0.603. The van der Waals surface area contributed by atoms with Gasteiger partial charge in [-0.15, -0.1) is 4.80 Å². The average Bonchev–Trinajstić information content (AvgIpc) is 3.09. The summed E-state index contributed by atoms with van der Waals surface area (Å²) in [6, 6.07) is 14.6. The second-order valence-electron chi connectivity index (χ2n) is 9.86. The highest BCUT2D eigenvalue weighted by molar-refractivity contribution is 5.56. The zero-order valence-electron chi connectivity index (χ0n) is 18.5. The molecule has 0 saturated heterocycles. The molecule has 0 aliphatic carbocycles. The summed E-state index contributed by atoms with van der Waals surface area (Å²) in [4.78, 5) is 1.58. The van der Waals surface area contributed by atoms with E-state index in [1.165, 1.54) is 5.56 Å². The number of aromatic nitrogens is 3. The molecular formula is C25H33N3O. The van der Waals surface area contributed by atoms with Gasteiger partial charge in [0.05, 0.1) is 11.9 Å². The van der Waals surface area contributed by atoms with Gasteiger partial charge in [0.1, 0.15) is 11.4 Å². The van der Waals surface area contributed by atoms with E-state index < -0.39 is 0 Å². The maximum Gasteiger partial charge on any atom is 0.146 e. The van der Waals surface area contributed by atoms with Crippen LogP contribution in [0.2, 0.25) is 0 Å². The van der Waals surface area contributed by atoms with Gasteiger partial charge in [0, 0.05) is 5.56 Å². The molecule has 29 heavy (non-hydrogen) atoms. The van der Waals surface area contributed by atoms with Crippen molar-refractivity contribution in [1.82, 2.24) is 15.0 Å². The van der Waals surface area contributed by atoms with Crippen molar-refractivity contribution in [2.75, 3.05) is 0 Å². The van der Waals surface area contributed by atoms with E-state index in [9.17, 15) is 5.11 Å². The molecule has 3 aromatic rings. The molecular weight excluding hydrogens is 358 g/mol. The Morgan fingerprint density at radius 3 is 2.21 bits per heavy atom. The highest BCUT2D eigenvalue weighted by Crippen LogP contribution is 2.38. The first-order valence-corrected chi connectivity index (χ1v) is 10.4. The molecule has 0 aliphatic heterocycles. The number of aromatic hydroxyl groups is 1. The Morgan fingerprint density at radius 1 is 0.897 bits per heavy atom. The van der Waals surface area contributed by atoms with Gasteiger partial charge in [-0.1, -0.05) is 77.9 Å². The number of aryl methyl sites for hydroxylation is 2. The minimum atomic E-state index is -0.175. The number of rotatable bonds is 5. The molecule has 0 fully saturated rings. The topological polar surface area (TPSA) is 50.9 Å². The van der Waals surface area contributed by atoms with Crippen molar-refractivity contribution in [2.45, 2.75) is 71.6 Å². The number of phenolic OH excluding ortho intramolecular Hbond substituents is 1. The van der Waals surface area contributed by atoms with E-state index in [0.717, 1.165) is 36.1 Å². The Labute approximate surface area is 174 Å². The van der Waals surface area contributed by atoms with Crippen molar-refractivity contribution >= 4 is 0 Å². The summed E-state index contributed by atoms with van der Waals surface area (Å²) in [7, 11) is 0. The van der Waals surface area contributed by atoms with Crippen molar-refractivity contribution in [3.63, 3.8) is 0 Å². The molecule has 0 spiro atoms. The lowest BCUT2D eigenvalue weighted by atomic mass is 9.80. The lowest BCUT2D eigenvalue weighted by Gasteiger charge is -2.27. The first-order valence-electron chi connectivity index (χ1n) is 10.4. The number of phenols is 1. The van der Waals surface area contributed by atoms with Gasteiger partial charge in [0.25, 0.3) is 0 Å². The van der Waals surface area contributed by atoms with E-state index in [4.69, 9.17) is 0 Å². The summed E-state index contributed by atoms with van der Waals surface area (Å²) in [5.41, 5.74) is 4.81. The molecule has 0 amide bonds. The Bertz CT molecular complexity index is 960. The molecule has 154 valence electrons. The van der Waals surface area contributed by atoms with Crippen molar-refractivity contribution in [1.29, 1.82) is 0 Å². The van der Waals surface area contributed by atoms with Gasteiger partial charge < -0.3 is 5.11 Å². The summed E-state index contributed by atoms with van der Waals surface area (Å²) in [6.45, 7) is 12.9. The second-order valence-corrected chi connectivity index (χ2v) is 9.86. The minimum absolute atomic E-state index is 0.0336. The van der Waals surface area contributed by atoms with Gasteiger partial charge in [-0.25, -0.2) is 0 Å². The highest BCUT2D eigenvalue weighted by Gasteiger charge is 2.26. The maximum absolute atomic E-state index is 11.0. The van der Waals surface area contributed by atoms with Crippen LogP contribution in [0, 0.1) is 0 Å². The molecule has 0 saturated carbocycles. The van der Waals surface area contributed by atoms with Crippen LogP contribution in [-0.4, -0.2) is 20.1 Å². The van der Waals surface area contributed by atoms with Gasteiger partial charge in [-0.3, -0.25) is 0 Å². The maximum atomic E-state index is 11.0. The van der Waals surface area contributed by atoms with Crippen LogP contribution in [0.5, 0.6) is 5.75 Å². The Morgan fingerprint density at radius 2 is 1.59 bits per heavy atom. The second kappa shape index (κ2) is 8.02. The zero-order valence-corrected chi connectivity index (χ0v) is 18.5. The lowest BCUT2D eigenvalue weighted by Crippen LogP contribution is -2.18. The fourth-order valence-corrected chi connectivity index (χ4v) is 3.42. The third kappa shape index (κ3) is 5.06. The average molecular weight is 392 g/mol. The van der Waals surface area contributed by atoms with Crippen molar-refractivity contribution < 1.29 is 5.11 Å². The van der Waals surface area contributed by atoms with Gasteiger partial charge >= 0.3 is 0 Å². The van der Waals surface area contributed by atoms with E-state index >= 15 is 0 Å². The summed E-state index contributed by atoms with van der Waals surface area (Å²) >= 11 is 0. The third-order valence-electron chi connectivity index (χ3n) is 5.26. The molecule has 0 aliphatic rings. The normalized spacial score (nSPS) is 12.3. The molecule has 0 atom stereocenters. The van der Waals surface area contributed by atoms with Crippen LogP contribution >= 0.6 is 0 Å². The summed E-state index contributed by atoms with van der Waals surface area (Å²) in [6.07, 6.45) is 4.71. The van der Waals surface area contributed by atoms with Gasteiger partial charge in [0.2, 0.25) is 0 Å². The lowest BCUT2D eigenvalue weighted by molar-refractivity contribution is 0.437. The van der Waals surface area contributed by atoms with Crippen molar-refractivity contribution in [3.8, 4) is 11.4 Å². The number of nitrogens with zero attached hydrogens (tertiary/aromatic N) is 3. The molecule has 1 aromatic heterocycles. The standard InChI is InChI=1S/C25H33N3O/c1-24(2,3)19-15-21(25(4,5)6)23(29)22(16-19)28-26-17-20(27-28)14-10-13-18-11-8-7-9-12-18/h7-9,11-12,15-17,29H,10,13-14H2,1-6H3. The van der Waals surface area contributed by atoms with E-state index in [1.54, 1.807) is 4.80 Å². The van der Waals surface area contributed by atoms with E-state index in [1.807, 2.05) is 18.3 Å². The molecule has 4 nitrogen and oxygen atoms in total. The van der Waals surface area contributed by atoms with Crippen LogP contribution < -0.4 is 0 Å². The fourth-order valence-electron chi connectivity index (χ4n) is 3.42. The predicted molar refractivity (Wildman–Crippen MR) is 119 cm³/mol. The third-order valence-corrected chi connectivity index (χ3v) is 5.26. The zero-order chi connectivity index (χ0) is 21.2. The molecule has 4 heteroatoms. The SMILES string of the molecule is CC(C)(C)c1cc(-n2ncc(CCCc3ccccc3)n2)c(O)c(C(C)(C)C)c1. The van der Waals surface area contributed by atoms with Crippen LogP contribution in [-0.2, 0) is 23.7 Å². The molecule has 0 radical (unpaired) electrons. The van der Waals surface area contributed by atoms with E-state index in [2.05, 4.69) is 82.1 Å². The summed E-state index contributed by atoms with van der Waals surface area (Å²) < 4.78 is 0. The van der Waals surface area contributed by atoms with Crippen molar-refractivity contribution in [3.05, 3.63) is 71.0 Å². The van der Waals surface area contributed by atoms with E-state index in [-0.39, 0.29) is 16.6 Å². The predicted octanol–water partition coefficient (Wildman–Crippen LogP) is 5.74. The van der Waals surface area contributed by atoms with Gasteiger partial charge in [-0.2, -0.15) is 10.2 Å². The minimum Gasteiger partial charge on any atom is -0.505 e. The Balaban J connectivity index is 1.86. The van der Waals surface area contributed by atoms with Crippen molar-refractivity contribution in [2.24, 2.45) is 0 Å². The fraction of sp³-hybridized carbons (Fsp3) is 0.440. The monoisotopic (exact) mass is 391 g/mol. The largest absolute Gasteiger partial charge is 0.505 e. The van der Waals surface area contributed by atoms with Crippen LogP contribution in [0.25, 0.3) is 5.69 Å². The first kappa shape index (κ1) is 21.1. The number of hydrogen-bond acceptors (Lipinski definition) is 3.